The molecule has 0 saturated carbocycles. The van der Waals surface area contributed by atoms with Crippen LogP contribution >= 0.6 is 0 Å². The van der Waals surface area contributed by atoms with Crippen molar-refractivity contribution in [2.24, 2.45) is 0 Å². The lowest BCUT2D eigenvalue weighted by molar-refractivity contribution is -0.141. The van der Waals surface area contributed by atoms with Crippen molar-refractivity contribution in [1.82, 2.24) is 4.31 Å². The van der Waals surface area contributed by atoms with Gasteiger partial charge < -0.3 is 5.11 Å². The highest BCUT2D eigenvalue weighted by Crippen LogP contribution is 2.10. The fourth-order valence-electron chi connectivity index (χ4n) is 1.25. The minimum absolute atomic E-state index is 0.0176. The van der Waals surface area contributed by atoms with Crippen LogP contribution in [0.1, 0.15) is 33.1 Å². The Morgan fingerprint density at radius 1 is 1.40 bits per heavy atom. The molecule has 90 valence electrons. The summed E-state index contributed by atoms with van der Waals surface area (Å²) in [6, 6.07) is -0.952. The molecule has 5 nitrogen and oxygen atoms in total. The largest absolute Gasteiger partial charge is 0.480 e. The van der Waals surface area contributed by atoms with Gasteiger partial charge in [-0.15, -0.1) is 0 Å². The first kappa shape index (κ1) is 14.4. The molecule has 0 amide bonds. The number of nitrogens with zero attached hydrogens (tertiary/aromatic N) is 1. The number of hydrogen-bond donors (Lipinski definition) is 1. The third kappa shape index (κ3) is 4.17. The smallest absolute Gasteiger partial charge is 0.321 e. The van der Waals surface area contributed by atoms with Gasteiger partial charge in [-0.1, -0.05) is 20.3 Å². The number of unbranched alkanes of at least 4 members (excludes halogenated alkanes) is 1. The zero-order valence-corrected chi connectivity index (χ0v) is 10.2. The normalized spacial score (nSPS) is 14.1. The van der Waals surface area contributed by atoms with Gasteiger partial charge in [-0.3, -0.25) is 4.79 Å². The van der Waals surface area contributed by atoms with Crippen molar-refractivity contribution < 1.29 is 18.3 Å². The average Bonchev–Trinajstić information content (AvgIpc) is 2.15. The molecule has 0 bridgehead atoms. The molecule has 0 aliphatic carbocycles. The zero-order chi connectivity index (χ0) is 12.1. The second kappa shape index (κ2) is 6.07. The summed E-state index contributed by atoms with van der Waals surface area (Å²) in [6.07, 6.45) is 1.61. The Bertz CT molecular complexity index is 299. The molecule has 1 unspecified atom stereocenters. The van der Waals surface area contributed by atoms with Crippen molar-refractivity contribution in [3.05, 3.63) is 0 Å². The summed E-state index contributed by atoms with van der Waals surface area (Å²) in [6.45, 7) is 3.55. The van der Waals surface area contributed by atoms with E-state index in [-0.39, 0.29) is 12.2 Å². The SMILES string of the molecule is CCCCS(=O)(=O)N(C)C(CC)C(=O)O. The van der Waals surface area contributed by atoms with Gasteiger partial charge in [-0.2, -0.15) is 4.31 Å². The Morgan fingerprint density at radius 2 is 1.93 bits per heavy atom. The van der Waals surface area contributed by atoms with Gasteiger partial charge in [0, 0.05) is 7.05 Å². The van der Waals surface area contributed by atoms with Crippen LogP contribution in [-0.2, 0) is 14.8 Å². The van der Waals surface area contributed by atoms with E-state index < -0.39 is 22.0 Å². The van der Waals surface area contributed by atoms with Crippen molar-refractivity contribution in [3.8, 4) is 0 Å². The number of sulfonamides is 1. The molecule has 0 fully saturated rings. The quantitative estimate of drug-likeness (QED) is 0.714. The van der Waals surface area contributed by atoms with E-state index >= 15 is 0 Å². The maximum atomic E-state index is 11.7. The highest BCUT2D eigenvalue weighted by Gasteiger charge is 2.29. The molecule has 15 heavy (non-hydrogen) atoms. The molecule has 0 aliphatic heterocycles. The molecule has 0 aromatic carbocycles. The topological polar surface area (TPSA) is 74.7 Å². The fraction of sp³-hybridized carbons (Fsp3) is 0.889. The number of hydrogen-bond acceptors (Lipinski definition) is 3. The number of rotatable bonds is 7. The summed E-state index contributed by atoms with van der Waals surface area (Å²) in [5, 5.41) is 8.83. The Morgan fingerprint density at radius 3 is 2.27 bits per heavy atom. The molecule has 0 aliphatic rings. The molecule has 1 atom stereocenters. The molecule has 1 N–H and O–H groups in total. The van der Waals surface area contributed by atoms with Crippen LogP contribution in [0.15, 0.2) is 0 Å². The first-order valence-corrected chi connectivity index (χ1v) is 6.66. The van der Waals surface area contributed by atoms with Crippen molar-refractivity contribution in [3.63, 3.8) is 0 Å². The van der Waals surface area contributed by atoms with Crippen LogP contribution in [0.25, 0.3) is 0 Å². The number of carbonyl (C=O) groups is 1. The number of aliphatic carboxylic acids is 1. The van der Waals surface area contributed by atoms with E-state index in [4.69, 9.17) is 5.11 Å². The number of carboxylic acids is 1. The third-order valence-electron chi connectivity index (χ3n) is 2.31. The van der Waals surface area contributed by atoms with Crippen LogP contribution in [-0.4, -0.2) is 42.6 Å². The third-order valence-corrected chi connectivity index (χ3v) is 4.24. The molecule has 6 heteroatoms. The molecule has 0 aromatic rings. The summed E-state index contributed by atoms with van der Waals surface area (Å²) < 4.78 is 24.3. The van der Waals surface area contributed by atoms with E-state index in [9.17, 15) is 13.2 Å². The predicted molar refractivity (Wildman–Crippen MR) is 58.2 cm³/mol. The Balaban J connectivity index is 4.66. The van der Waals surface area contributed by atoms with Crippen molar-refractivity contribution in [2.45, 2.75) is 39.2 Å². The maximum Gasteiger partial charge on any atom is 0.321 e. The molecule has 0 aromatic heterocycles. The second-order valence-corrected chi connectivity index (χ2v) is 5.60. The second-order valence-electron chi connectivity index (χ2n) is 3.45. The maximum absolute atomic E-state index is 11.7. The number of likely N-dealkylation sites (N-methyl/N-ethyl adjacent to an activating group) is 1. The van der Waals surface area contributed by atoms with Gasteiger partial charge in [-0.25, -0.2) is 8.42 Å². The minimum atomic E-state index is -3.43. The summed E-state index contributed by atoms with van der Waals surface area (Å²) >= 11 is 0. The van der Waals surface area contributed by atoms with Crippen LogP contribution in [0.3, 0.4) is 0 Å². The van der Waals surface area contributed by atoms with Crippen molar-refractivity contribution >= 4 is 16.0 Å². The van der Waals surface area contributed by atoms with Crippen LogP contribution < -0.4 is 0 Å². The molecule has 0 heterocycles. The summed E-state index contributed by atoms with van der Waals surface area (Å²) in [7, 11) is -2.10. The lowest BCUT2D eigenvalue weighted by atomic mass is 10.2. The molecule has 0 rings (SSSR count). The fourth-order valence-corrected chi connectivity index (χ4v) is 2.82. The highest BCUT2D eigenvalue weighted by molar-refractivity contribution is 7.89. The van der Waals surface area contributed by atoms with E-state index in [1.807, 2.05) is 6.92 Å². The summed E-state index contributed by atoms with van der Waals surface area (Å²) in [5.74, 6) is -1.08. The molecular formula is C9H19NO4S. The lowest BCUT2D eigenvalue weighted by Crippen LogP contribution is -2.42. The minimum Gasteiger partial charge on any atom is -0.480 e. The van der Waals surface area contributed by atoms with E-state index in [0.29, 0.717) is 6.42 Å². The zero-order valence-electron chi connectivity index (χ0n) is 9.43. The Kier molecular flexibility index (Phi) is 5.82. The van der Waals surface area contributed by atoms with Crippen LogP contribution in [0.2, 0.25) is 0 Å². The van der Waals surface area contributed by atoms with Crippen LogP contribution in [0.5, 0.6) is 0 Å². The molecule has 0 saturated heterocycles. The van der Waals surface area contributed by atoms with Gasteiger partial charge in [-0.05, 0) is 12.8 Å². The van der Waals surface area contributed by atoms with E-state index in [0.717, 1.165) is 10.7 Å². The van der Waals surface area contributed by atoms with Gasteiger partial charge >= 0.3 is 5.97 Å². The van der Waals surface area contributed by atoms with Crippen LogP contribution in [0, 0.1) is 0 Å². The standard InChI is InChI=1S/C9H19NO4S/c1-4-6-7-15(13,14)10(3)8(5-2)9(11)12/h8H,4-7H2,1-3H3,(H,11,12). The Hall–Kier alpha value is -0.620. The summed E-state index contributed by atoms with van der Waals surface area (Å²) in [5.41, 5.74) is 0. The van der Waals surface area contributed by atoms with E-state index in [1.165, 1.54) is 7.05 Å². The monoisotopic (exact) mass is 237 g/mol. The van der Waals surface area contributed by atoms with Gasteiger partial charge in [0.25, 0.3) is 0 Å². The lowest BCUT2D eigenvalue weighted by Gasteiger charge is -2.22. The Labute approximate surface area is 91.1 Å². The van der Waals surface area contributed by atoms with Gasteiger partial charge in [0.1, 0.15) is 6.04 Å². The van der Waals surface area contributed by atoms with E-state index in [2.05, 4.69) is 0 Å². The predicted octanol–water partition coefficient (Wildman–Crippen LogP) is 0.911. The van der Waals surface area contributed by atoms with Crippen LogP contribution in [0.4, 0.5) is 0 Å². The average molecular weight is 237 g/mol. The van der Waals surface area contributed by atoms with Gasteiger partial charge in [0.15, 0.2) is 0 Å². The van der Waals surface area contributed by atoms with Crippen molar-refractivity contribution in [1.29, 1.82) is 0 Å². The molecule has 0 spiro atoms. The van der Waals surface area contributed by atoms with E-state index in [1.54, 1.807) is 6.92 Å². The molecule has 0 radical (unpaired) electrons. The highest BCUT2D eigenvalue weighted by atomic mass is 32.2. The van der Waals surface area contributed by atoms with Gasteiger partial charge in [0.2, 0.25) is 10.0 Å². The van der Waals surface area contributed by atoms with Gasteiger partial charge in [0.05, 0.1) is 5.75 Å². The molecular weight excluding hydrogens is 218 g/mol. The number of carboxylic acid groups (broad SMARTS) is 1. The first-order chi connectivity index (χ1) is 6.86. The first-order valence-electron chi connectivity index (χ1n) is 5.05. The summed E-state index contributed by atoms with van der Waals surface area (Å²) in [4.78, 5) is 10.8. The van der Waals surface area contributed by atoms with Crippen molar-refractivity contribution in [2.75, 3.05) is 12.8 Å².